The predicted octanol–water partition coefficient (Wildman–Crippen LogP) is 1.63. The maximum Gasteiger partial charge on any atom is 0.332 e. The van der Waals surface area contributed by atoms with Gasteiger partial charge in [0, 0.05) is 55.9 Å². The highest BCUT2D eigenvalue weighted by Crippen LogP contribution is 2.44. The van der Waals surface area contributed by atoms with Gasteiger partial charge in [-0.2, -0.15) is 0 Å². The molecule has 4 heterocycles. The van der Waals surface area contributed by atoms with Gasteiger partial charge in [-0.25, -0.2) is 9.18 Å². The van der Waals surface area contributed by atoms with Crippen molar-refractivity contribution in [2.75, 3.05) is 57.4 Å². The van der Waals surface area contributed by atoms with Crippen LogP contribution in [0.3, 0.4) is 0 Å². The Morgan fingerprint density at radius 2 is 1.87 bits per heavy atom. The number of nitrogens with one attached hydrogen (secondary N) is 1. The van der Waals surface area contributed by atoms with Crippen LogP contribution < -0.4 is 10.2 Å². The van der Waals surface area contributed by atoms with E-state index in [1.807, 2.05) is 26.1 Å². The summed E-state index contributed by atoms with van der Waals surface area (Å²) in [6.07, 6.45) is 1.19. The topological polar surface area (TPSA) is 139 Å². The molecule has 248 valence electrons. The first kappa shape index (κ1) is 34.9. The van der Waals surface area contributed by atoms with Gasteiger partial charge in [-0.05, 0) is 56.5 Å². The number of rotatable bonds is 8. The van der Waals surface area contributed by atoms with E-state index in [0.29, 0.717) is 12.5 Å². The molecule has 3 aliphatic rings. The molecule has 0 spiro atoms. The Morgan fingerprint density at radius 3 is 2.49 bits per heavy atom. The zero-order valence-corrected chi connectivity index (χ0v) is 26.9. The van der Waals surface area contributed by atoms with Crippen LogP contribution in [0.5, 0.6) is 0 Å². The Bertz CT molecular complexity index is 1310. The number of anilines is 1. The fraction of sp³-hybridized carbons (Fsp3) is 0.606. The summed E-state index contributed by atoms with van der Waals surface area (Å²) in [5, 5.41) is 29.8. The van der Waals surface area contributed by atoms with Crippen molar-refractivity contribution in [3.63, 3.8) is 0 Å². The maximum absolute atomic E-state index is 14.1. The lowest BCUT2D eigenvalue weighted by Crippen LogP contribution is -2.62. The molecule has 4 N–H and O–H groups in total. The first-order chi connectivity index (χ1) is 21.3. The van der Waals surface area contributed by atoms with Crippen LogP contribution in [-0.2, 0) is 26.2 Å². The number of carboxylic acid groups (broad SMARTS) is 1. The standard InChI is InChI=1S/C30H42FN5O3.C3H6O3/c1-20-15-35(25(14-32-20)16-34-9-10-39-19-21(34)2)17-28(38)36-26-12-23(11-22-5-7-24(31)8-6-22)13-33-29(26)30(3,4)27(36)18-37;1-2(4)3(5)6/h5-8,12-13,20-21,25,27,32,37H,9-11,14-19H2,1-4H3;2,4H,1H3,(H,5,6)/t20-,21-,25-,27?;2-/m10/s1. The summed E-state index contributed by atoms with van der Waals surface area (Å²) in [6.45, 7) is 14.6. The molecule has 0 bridgehead atoms. The number of hydrogen-bond acceptors (Lipinski definition) is 9. The largest absolute Gasteiger partial charge is 0.479 e. The highest BCUT2D eigenvalue weighted by Gasteiger charge is 2.48. The molecule has 1 aromatic carbocycles. The highest BCUT2D eigenvalue weighted by molar-refractivity contribution is 5.98. The summed E-state index contributed by atoms with van der Waals surface area (Å²) in [5.41, 5.74) is 3.02. The van der Waals surface area contributed by atoms with Crippen LogP contribution in [0.2, 0.25) is 0 Å². The number of aliphatic hydroxyl groups is 2. The number of aromatic nitrogens is 1. The van der Waals surface area contributed by atoms with E-state index >= 15 is 0 Å². The zero-order valence-electron chi connectivity index (χ0n) is 26.9. The monoisotopic (exact) mass is 629 g/mol. The number of morpholine rings is 1. The number of carbonyl (C=O) groups excluding carboxylic acids is 1. The molecule has 12 heteroatoms. The molecule has 0 aliphatic carbocycles. The number of piperazine rings is 1. The van der Waals surface area contributed by atoms with Gasteiger partial charge >= 0.3 is 5.97 Å². The fourth-order valence-electron chi connectivity index (χ4n) is 6.33. The van der Waals surface area contributed by atoms with Crippen molar-refractivity contribution >= 4 is 17.6 Å². The van der Waals surface area contributed by atoms with Gasteiger partial charge in [0.25, 0.3) is 0 Å². The van der Waals surface area contributed by atoms with Crippen molar-refractivity contribution in [2.45, 2.75) is 76.7 Å². The molecule has 45 heavy (non-hydrogen) atoms. The van der Waals surface area contributed by atoms with Crippen molar-refractivity contribution in [1.82, 2.24) is 20.1 Å². The summed E-state index contributed by atoms with van der Waals surface area (Å²) >= 11 is 0. The average Bonchev–Trinajstić information content (AvgIpc) is 3.22. The molecular weight excluding hydrogens is 581 g/mol. The molecular formula is C33H48FN5O6. The van der Waals surface area contributed by atoms with Crippen LogP contribution in [0.4, 0.5) is 10.1 Å². The van der Waals surface area contributed by atoms with E-state index in [9.17, 15) is 19.1 Å². The molecule has 2 saturated heterocycles. The van der Waals surface area contributed by atoms with Crippen LogP contribution >= 0.6 is 0 Å². The van der Waals surface area contributed by atoms with Crippen LogP contribution in [0.15, 0.2) is 36.5 Å². The fourth-order valence-corrected chi connectivity index (χ4v) is 6.33. The van der Waals surface area contributed by atoms with E-state index in [1.165, 1.54) is 19.1 Å². The van der Waals surface area contributed by atoms with Crippen molar-refractivity contribution in [1.29, 1.82) is 0 Å². The minimum Gasteiger partial charge on any atom is -0.479 e. The second kappa shape index (κ2) is 15.1. The van der Waals surface area contributed by atoms with Crippen LogP contribution in [-0.4, -0.2) is 125 Å². The van der Waals surface area contributed by atoms with Gasteiger partial charge in [-0.15, -0.1) is 0 Å². The molecule has 0 saturated carbocycles. The number of ether oxygens (including phenoxy) is 1. The maximum atomic E-state index is 14.1. The number of benzene rings is 1. The Labute approximate surface area is 265 Å². The molecule has 2 fully saturated rings. The SMILES string of the molecule is C[C@@H]1CN(CC(=O)N2c3cc(Cc4ccc(F)cc4)cnc3C(C)(C)C2CO)[C@@H](CN2CCOC[C@H]2C)CN1.C[C@H](O)C(=O)O. The van der Waals surface area contributed by atoms with Crippen LogP contribution in [0.1, 0.15) is 51.4 Å². The van der Waals surface area contributed by atoms with Gasteiger partial charge < -0.3 is 30.3 Å². The Morgan fingerprint density at radius 1 is 1.18 bits per heavy atom. The summed E-state index contributed by atoms with van der Waals surface area (Å²) in [4.78, 5) is 34.9. The van der Waals surface area contributed by atoms with E-state index < -0.39 is 23.5 Å². The Balaban J connectivity index is 0.000000700. The Kier molecular flexibility index (Phi) is 11.7. The predicted molar refractivity (Wildman–Crippen MR) is 169 cm³/mol. The first-order valence-electron chi connectivity index (χ1n) is 15.7. The second-order valence-corrected chi connectivity index (χ2v) is 13.0. The minimum absolute atomic E-state index is 0.0178. The van der Waals surface area contributed by atoms with E-state index in [1.54, 1.807) is 17.0 Å². The third-order valence-corrected chi connectivity index (χ3v) is 9.07. The summed E-state index contributed by atoms with van der Waals surface area (Å²) in [6, 6.07) is 8.93. The van der Waals surface area contributed by atoms with Crippen molar-refractivity contribution in [3.8, 4) is 0 Å². The van der Waals surface area contributed by atoms with Gasteiger partial charge in [-0.3, -0.25) is 19.6 Å². The number of fused-ring (bicyclic) bond motifs is 1. The third-order valence-electron chi connectivity index (χ3n) is 9.07. The smallest absolute Gasteiger partial charge is 0.332 e. The third kappa shape index (κ3) is 8.43. The van der Waals surface area contributed by atoms with Gasteiger partial charge in [0.05, 0.1) is 43.8 Å². The summed E-state index contributed by atoms with van der Waals surface area (Å²) in [7, 11) is 0. The lowest BCUT2D eigenvalue weighted by atomic mass is 9.83. The molecule has 5 atom stereocenters. The summed E-state index contributed by atoms with van der Waals surface area (Å²) < 4.78 is 19.0. The van der Waals surface area contributed by atoms with E-state index in [0.717, 1.165) is 61.9 Å². The van der Waals surface area contributed by atoms with Crippen molar-refractivity contribution in [3.05, 3.63) is 59.2 Å². The van der Waals surface area contributed by atoms with Crippen LogP contribution in [0, 0.1) is 5.82 Å². The van der Waals surface area contributed by atoms with Gasteiger partial charge in [0.1, 0.15) is 11.9 Å². The van der Waals surface area contributed by atoms with Gasteiger partial charge in [0.15, 0.2) is 0 Å². The van der Waals surface area contributed by atoms with E-state index in [4.69, 9.17) is 19.9 Å². The average molecular weight is 630 g/mol. The molecule has 11 nitrogen and oxygen atoms in total. The van der Waals surface area contributed by atoms with E-state index in [-0.39, 0.29) is 37.0 Å². The quantitative estimate of drug-likeness (QED) is 0.341. The molecule has 2 aromatic rings. The number of amides is 1. The number of halogens is 1. The molecule has 1 aromatic heterocycles. The van der Waals surface area contributed by atoms with Crippen LogP contribution in [0.25, 0.3) is 0 Å². The number of carboxylic acids is 1. The number of pyridine rings is 1. The highest BCUT2D eigenvalue weighted by atomic mass is 19.1. The number of aliphatic hydroxyl groups excluding tert-OH is 2. The first-order valence-corrected chi connectivity index (χ1v) is 15.7. The Hall–Kier alpha value is -3.00. The number of carbonyl (C=O) groups is 2. The molecule has 1 amide bonds. The number of hydrogen-bond donors (Lipinski definition) is 4. The molecule has 5 rings (SSSR count). The van der Waals surface area contributed by atoms with Gasteiger partial charge in [-0.1, -0.05) is 26.0 Å². The number of aliphatic carboxylic acids is 1. The lowest BCUT2D eigenvalue weighted by molar-refractivity contribution is -0.145. The second-order valence-electron chi connectivity index (χ2n) is 13.0. The molecule has 1 unspecified atom stereocenters. The summed E-state index contributed by atoms with van der Waals surface area (Å²) in [5.74, 6) is -1.47. The van der Waals surface area contributed by atoms with Gasteiger partial charge in [0.2, 0.25) is 5.91 Å². The van der Waals surface area contributed by atoms with Crippen molar-refractivity contribution < 1.29 is 34.0 Å². The molecule has 0 radical (unpaired) electrons. The normalized spacial score (nSPS) is 25.6. The van der Waals surface area contributed by atoms with Crippen molar-refractivity contribution in [2.24, 2.45) is 0 Å². The minimum atomic E-state index is -1.23. The zero-order chi connectivity index (χ0) is 32.9. The molecule has 3 aliphatic heterocycles. The number of nitrogens with zero attached hydrogens (tertiary/aromatic N) is 4. The van der Waals surface area contributed by atoms with E-state index in [2.05, 4.69) is 29.0 Å². The lowest BCUT2D eigenvalue weighted by Gasteiger charge is -2.44.